The Kier molecular flexibility index (Phi) is 4.15. The molecule has 1 N–H and O–H groups in total. The summed E-state index contributed by atoms with van der Waals surface area (Å²) in [5.74, 6) is 0.517. The molecule has 2 amide bonds. The van der Waals surface area contributed by atoms with Gasteiger partial charge in [-0.05, 0) is 36.2 Å². The lowest BCUT2D eigenvalue weighted by atomic mass is 10.1. The van der Waals surface area contributed by atoms with E-state index in [1.807, 2.05) is 53.1 Å². The Hall–Kier alpha value is -2.80. The second-order valence-corrected chi connectivity index (χ2v) is 6.88. The van der Waals surface area contributed by atoms with Gasteiger partial charge in [-0.25, -0.2) is 4.98 Å². The molecule has 0 saturated carbocycles. The molecular formula is C18H15N3O3S. The molecule has 1 aliphatic heterocycles. The molecule has 0 radical (unpaired) electrons. The van der Waals surface area contributed by atoms with Crippen LogP contribution >= 0.6 is 11.8 Å². The molecule has 25 heavy (non-hydrogen) atoms. The van der Waals surface area contributed by atoms with E-state index < -0.39 is 0 Å². The number of hydrogen-bond donors (Lipinski definition) is 1. The van der Waals surface area contributed by atoms with Gasteiger partial charge in [-0.1, -0.05) is 36.0 Å². The predicted octanol–water partition coefficient (Wildman–Crippen LogP) is 2.97. The minimum absolute atomic E-state index is 0.220. The molecule has 4 rings (SSSR count). The van der Waals surface area contributed by atoms with Crippen LogP contribution in [-0.4, -0.2) is 25.9 Å². The highest BCUT2D eigenvalue weighted by Crippen LogP contribution is 2.24. The van der Waals surface area contributed by atoms with Gasteiger partial charge in [0.2, 0.25) is 5.91 Å². The number of carbonyl (C=O) groups is 2. The normalized spacial score (nSPS) is 17.0. The summed E-state index contributed by atoms with van der Waals surface area (Å²) >= 11 is 1.04. The molecule has 126 valence electrons. The molecule has 2 aromatic carbocycles. The molecule has 1 saturated heterocycles. The maximum atomic E-state index is 11.6. The second-order valence-electron chi connectivity index (χ2n) is 5.71. The van der Waals surface area contributed by atoms with Crippen LogP contribution in [0.2, 0.25) is 0 Å². The summed E-state index contributed by atoms with van der Waals surface area (Å²) < 4.78 is 7.74. The van der Waals surface area contributed by atoms with Crippen molar-refractivity contribution in [3.8, 4) is 5.75 Å². The van der Waals surface area contributed by atoms with Gasteiger partial charge < -0.3 is 4.74 Å². The lowest BCUT2D eigenvalue weighted by Gasteiger charge is -2.09. The van der Waals surface area contributed by atoms with Gasteiger partial charge in [0, 0.05) is 0 Å². The fourth-order valence-corrected chi connectivity index (χ4v) is 3.58. The maximum absolute atomic E-state index is 11.6. The van der Waals surface area contributed by atoms with Gasteiger partial charge in [0.15, 0.2) is 6.73 Å². The van der Waals surface area contributed by atoms with Gasteiger partial charge in [0.25, 0.3) is 5.24 Å². The highest BCUT2D eigenvalue weighted by Gasteiger charge is 2.31. The number of carbonyl (C=O) groups excluding carboxylic acids is 2. The lowest BCUT2D eigenvalue weighted by molar-refractivity contribution is -0.118. The summed E-state index contributed by atoms with van der Waals surface area (Å²) in [7, 11) is 0. The van der Waals surface area contributed by atoms with Crippen molar-refractivity contribution in [3.05, 3.63) is 60.4 Å². The van der Waals surface area contributed by atoms with E-state index in [-0.39, 0.29) is 16.4 Å². The van der Waals surface area contributed by atoms with E-state index >= 15 is 0 Å². The molecule has 2 heterocycles. The number of hydrogen-bond acceptors (Lipinski definition) is 5. The van der Waals surface area contributed by atoms with E-state index in [0.717, 1.165) is 34.1 Å². The van der Waals surface area contributed by atoms with E-state index in [4.69, 9.17) is 4.74 Å². The third-order valence-corrected chi connectivity index (χ3v) is 4.99. The lowest BCUT2D eigenvalue weighted by Crippen LogP contribution is -2.25. The number of fused-ring (bicyclic) bond motifs is 1. The topological polar surface area (TPSA) is 73.2 Å². The molecule has 0 aliphatic carbocycles. The monoisotopic (exact) mass is 353 g/mol. The zero-order chi connectivity index (χ0) is 17.2. The van der Waals surface area contributed by atoms with Gasteiger partial charge in [-0.15, -0.1) is 0 Å². The minimum Gasteiger partial charge on any atom is -0.473 e. The number of amides is 2. The number of thioether (sulfide) groups is 1. The van der Waals surface area contributed by atoms with Crippen LogP contribution in [0.1, 0.15) is 5.56 Å². The van der Waals surface area contributed by atoms with Crippen molar-refractivity contribution >= 4 is 33.9 Å². The van der Waals surface area contributed by atoms with Crippen LogP contribution in [0.15, 0.2) is 54.9 Å². The standard InChI is InChI=1S/C18H15N3O3S/c22-17-16(25-18(23)20-17)9-12-5-7-13(8-6-12)24-11-21-10-19-14-3-1-2-4-15(14)21/h1-8,10,16H,9,11H2,(H,20,22,23). The van der Waals surface area contributed by atoms with Crippen LogP contribution in [0.5, 0.6) is 5.75 Å². The number of ether oxygens (including phenoxy) is 1. The molecule has 1 unspecified atom stereocenters. The maximum Gasteiger partial charge on any atom is 0.286 e. The molecule has 1 fully saturated rings. The van der Waals surface area contributed by atoms with Crippen molar-refractivity contribution < 1.29 is 14.3 Å². The summed E-state index contributed by atoms with van der Waals surface area (Å²) in [5, 5.41) is 1.67. The van der Waals surface area contributed by atoms with Crippen molar-refractivity contribution in [2.75, 3.05) is 0 Å². The van der Waals surface area contributed by atoms with Crippen LogP contribution < -0.4 is 10.1 Å². The van der Waals surface area contributed by atoms with Crippen LogP contribution in [0.25, 0.3) is 11.0 Å². The van der Waals surface area contributed by atoms with Crippen LogP contribution in [0.4, 0.5) is 4.79 Å². The van der Waals surface area contributed by atoms with Gasteiger partial charge in [0.1, 0.15) is 5.75 Å². The number of nitrogens with one attached hydrogen (secondary N) is 1. The summed E-state index contributed by atoms with van der Waals surface area (Å²) in [6.45, 7) is 0.370. The average Bonchev–Trinajstić information content (AvgIpc) is 3.17. The number of imidazole rings is 1. The van der Waals surface area contributed by atoms with Crippen molar-refractivity contribution in [1.82, 2.24) is 14.9 Å². The van der Waals surface area contributed by atoms with E-state index in [0.29, 0.717) is 13.2 Å². The van der Waals surface area contributed by atoms with Gasteiger partial charge in [-0.2, -0.15) is 0 Å². The first-order valence-electron chi connectivity index (χ1n) is 7.82. The number of para-hydroxylation sites is 2. The van der Waals surface area contributed by atoms with Crippen LogP contribution in [0.3, 0.4) is 0 Å². The molecular weight excluding hydrogens is 338 g/mol. The second kappa shape index (κ2) is 6.60. The van der Waals surface area contributed by atoms with Crippen molar-refractivity contribution in [2.24, 2.45) is 0 Å². The molecule has 6 nitrogen and oxygen atoms in total. The Bertz CT molecular complexity index is 936. The SMILES string of the molecule is O=C1NC(=O)C(Cc2ccc(OCn3cnc4ccccc43)cc2)S1. The minimum atomic E-state index is -0.350. The predicted molar refractivity (Wildman–Crippen MR) is 95.4 cm³/mol. The largest absolute Gasteiger partial charge is 0.473 e. The number of aromatic nitrogens is 2. The molecule has 3 aromatic rings. The number of imide groups is 1. The van der Waals surface area contributed by atoms with E-state index in [1.54, 1.807) is 6.33 Å². The summed E-state index contributed by atoms with van der Waals surface area (Å²) in [5.41, 5.74) is 2.94. The third kappa shape index (κ3) is 3.36. The fourth-order valence-electron chi connectivity index (χ4n) is 2.72. The van der Waals surface area contributed by atoms with E-state index in [1.165, 1.54) is 0 Å². The Balaban J connectivity index is 1.39. The quantitative estimate of drug-likeness (QED) is 0.763. The zero-order valence-electron chi connectivity index (χ0n) is 13.2. The van der Waals surface area contributed by atoms with Gasteiger partial charge >= 0.3 is 0 Å². The van der Waals surface area contributed by atoms with Gasteiger partial charge in [0.05, 0.1) is 22.6 Å². The third-order valence-electron chi connectivity index (χ3n) is 4.01. The molecule has 1 aromatic heterocycles. The van der Waals surface area contributed by atoms with Crippen molar-refractivity contribution in [1.29, 1.82) is 0 Å². The van der Waals surface area contributed by atoms with Crippen molar-refractivity contribution in [2.45, 2.75) is 18.4 Å². The Morgan fingerprint density at radius 3 is 2.68 bits per heavy atom. The Morgan fingerprint density at radius 2 is 1.92 bits per heavy atom. The number of benzene rings is 2. The van der Waals surface area contributed by atoms with Crippen molar-refractivity contribution in [3.63, 3.8) is 0 Å². The summed E-state index contributed by atoms with van der Waals surface area (Å²) in [6.07, 6.45) is 2.28. The first-order chi connectivity index (χ1) is 12.2. The highest BCUT2D eigenvalue weighted by molar-refractivity contribution is 8.15. The van der Waals surface area contributed by atoms with Crippen LogP contribution in [-0.2, 0) is 17.9 Å². The number of nitrogens with zero attached hydrogens (tertiary/aromatic N) is 2. The molecule has 0 spiro atoms. The Morgan fingerprint density at radius 1 is 1.12 bits per heavy atom. The van der Waals surface area contributed by atoms with E-state index in [2.05, 4.69) is 10.3 Å². The summed E-state index contributed by atoms with van der Waals surface area (Å²) in [6, 6.07) is 15.5. The molecule has 1 atom stereocenters. The molecule has 7 heteroatoms. The zero-order valence-corrected chi connectivity index (χ0v) is 14.0. The highest BCUT2D eigenvalue weighted by atomic mass is 32.2. The molecule has 0 bridgehead atoms. The average molecular weight is 353 g/mol. The smallest absolute Gasteiger partial charge is 0.286 e. The van der Waals surface area contributed by atoms with E-state index in [9.17, 15) is 9.59 Å². The first kappa shape index (κ1) is 15.7. The summed E-state index contributed by atoms with van der Waals surface area (Å²) in [4.78, 5) is 27.1. The molecule has 1 aliphatic rings. The fraction of sp³-hybridized carbons (Fsp3) is 0.167. The van der Waals surface area contributed by atoms with Crippen LogP contribution in [0, 0.1) is 0 Å². The first-order valence-corrected chi connectivity index (χ1v) is 8.70. The Labute approximate surface area is 148 Å². The van der Waals surface area contributed by atoms with Gasteiger partial charge in [-0.3, -0.25) is 19.5 Å². The number of rotatable bonds is 5.